The molecule has 1 heterocycles. The third-order valence-electron chi connectivity index (χ3n) is 10.2. The van der Waals surface area contributed by atoms with Crippen LogP contribution in [-0.2, 0) is 26.3 Å². The highest BCUT2D eigenvalue weighted by Crippen LogP contribution is 2.64. The molecule has 1 aliphatic heterocycles. The number of piperazine rings is 1. The highest BCUT2D eigenvalue weighted by atomic mass is 32.2. The Bertz CT molecular complexity index is 1220. The summed E-state index contributed by atoms with van der Waals surface area (Å²) in [6.07, 6.45) is 5.97. The van der Waals surface area contributed by atoms with Gasteiger partial charge in [-0.15, -0.1) is 0 Å². The Hall–Kier alpha value is -2.21. The van der Waals surface area contributed by atoms with Crippen LogP contribution in [0.5, 0.6) is 5.75 Å². The topological polar surface area (TPSA) is 142 Å². The van der Waals surface area contributed by atoms with Crippen molar-refractivity contribution in [2.45, 2.75) is 70.3 Å². The monoisotopic (exact) mass is 562 g/mol. The number of nitrogens with zero attached hydrogens (tertiary/aromatic N) is 2. The molecule has 3 aliphatic carbocycles. The molecule has 5 rings (SSSR count). The van der Waals surface area contributed by atoms with E-state index in [4.69, 9.17) is 9.32 Å². The maximum absolute atomic E-state index is 12.5. The van der Waals surface area contributed by atoms with Crippen LogP contribution in [0.25, 0.3) is 0 Å². The van der Waals surface area contributed by atoms with Crippen LogP contribution in [0, 0.1) is 17.3 Å². The Kier molecular flexibility index (Phi) is 7.73. The predicted octanol–water partition coefficient (Wildman–Crippen LogP) is 1.53. The van der Waals surface area contributed by atoms with Crippen molar-refractivity contribution in [3.63, 3.8) is 0 Å². The van der Waals surface area contributed by atoms with Gasteiger partial charge in [-0.05, 0) is 79.5 Å². The number of nitrogens with two attached hydrogens (primary N) is 1. The number of carbonyl (C=O) groups is 2. The molecule has 1 aromatic carbocycles. The van der Waals surface area contributed by atoms with E-state index in [1.54, 1.807) is 17.9 Å². The lowest BCUT2D eigenvalue weighted by Crippen LogP contribution is -2.59. The van der Waals surface area contributed by atoms with Crippen molar-refractivity contribution in [3.8, 4) is 5.75 Å². The fraction of sp³-hybridized carbons (Fsp3) is 0.714. The number of aliphatic hydroxyl groups is 1. The lowest BCUT2D eigenvalue weighted by atomic mass is 9.53. The highest BCUT2D eigenvalue weighted by Gasteiger charge is 2.61. The molecule has 1 saturated heterocycles. The van der Waals surface area contributed by atoms with E-state index in [1.165, 1.54) is 5.56 Å². The van der Waals surface area contributed by atoms with Crippen molar-refractivity contribution >= 4 is 22.1 Å². The summed E-state index contributed by atoms with van der Waals surface area (Å²) >= 11 is 0. The summed E-state index contributed by atoms with van der Waals surface area (Å²) in [5.41, 5.74) is 1.48. The number of rotatable bonds is 7. The molecule has 216 valence electrons. The molecular weight excluding hydrogens is 520 g/mol. The summed E-state index contributed by atoms with van der Waals surface area (Å²) in [5, 5.41) is 19.8. The molecule has 2 amide bonds. The van der Waals surface area contributed by atoms with Crippen LogP contribution in [0.1, 0.15) is 69.4 Å². The van der Waals surface area contributed by atoms with Gasteiger partial charge in [-0.3, -0.25) is 14.5 Å². The van der Waals surface area contributed by atoms with Crippen molar-refractivity contribution in [1.82, 2.24) is 15.1 Å². The van der Waals surface area contributed by atoms with E-state index in [-0.39, 0.29) is 29.5 Å². The average molecular weight is 563 g/mol. The molecule has 0 unspecified atom stereocenters. The van der Waals surface area contributed by atoms with Crippen molar-refractivity contribution in [1.29, 1.82) is 0 Å². The quantitative estimate of drug-likeness (QED) is 0.457. The number of aryl methyl sites for hydroxylation is 1. The maximum atomic E-state index is 12.5. The van der Waals surface area contributed by atoms with E-state index in [2.05, 4.69) is 17.1 Å². The summed E-state index contributed by atoms with van der Waals surface area (Å²) in [5.74, 6) is 1.41. The van der Waals surface area contributed by atoms with Gasteiger partial charge < -0.3 is 19.5 Å². The van der Waals surface area contributed by atoms with Crippen molar-refractivity contribution < 1.29 is 27.3 Å². The first kappa shape index (κ1) is 28.3. The van der Waals surface area contributed by atoms with Crippen molar-refractivity contribution in [2.75, 3.05) is 39.3 Å². The van der Waals surface area contributed by atoms with Crippen LogP contribution >= 0.6 is 0 Å². The number of amides is 2. The molecule has 0 radical (unpaired) electrons. The molecule has 10 nitrogen and oxygen atoms in total. The third-order valence-corrected chi connectivity index (χ3v) is 10.6. The highest BCUT2D eigenvalue weighted by molar-refractivity contribution is 7.84. The second-order valence-corrected chi connectivity index (χ2v) is 13.3. The normalized spacial score (nSPS) is 32.6. The summed E-state index contributed by atoms with van der Waals surface area (Å²) in [6, 6.07) is 5.52. The Morgan fingerprint density at radius 3 is 2.59 bits per heavy atom. The fourth-order valence-corrected chi connectivity index (χ4v) is 8.42. The molecule has 3 fully saturated rings. The van der Waals surface area contributed by atoms with Crippen LogP contribution in [0.3, 0.4) is 0 Å². The van der Waals surface area contributed by atoms with Gasteiger partial charge in [0.05, 0.1) is 12.1 Å². The molecular formula is C28H42N4O6S. The molecule has 11 heteroatoms. The number of nitrogens with one attached hydrogen (secondary N) is 1. The van der Waals surface area contributed by atoms with E-state index in [9.17, 15) is 23.1 Å². The molecule has 39 heavy (non-hydrogen) atoms. The number of β-amino-alcohol motifs (C(OH)–C–C–N with tert-alkyl or cyclic N) is 1. The van der Waals surface area contributed by atoms with E-state index in [1.807, 2.05) is 12.1 Å². The SMILES string of the molecule is CCC(=O)NCC(=O)N1CCN(C[C@]2(O)CC[C@H]3[C@@H]4CCc5cc(OS(N)(=O)=O)ccc5[C@H]4CC[C@@]32C)CC1. The number of hydrogen-bond donors (Lipinski definition) is 3. The van der Waals surface area contributed by atoms with Gasteiger partial charge in [0.1, 0.15) is 5.75 Å². The zero-order valence-corrected chi connectivity index (χ0v) is 23.8. The minimum absolute atomic E-state index is 0.0441. The smallest absolute Gasteiger partial charge is 0.380 e. The van der Waals surface area contributed by atoms with Gasteiger partial charge in [0.15, 0.2) is 0 Å². The number of fused-ring (bicyclic) bond motifs is 5. The molecule has 4 N–H and O–H groups in total. The first-order chi connectivity index (χ1) is 18.4. The van der Waals surface area contributed by atoms with Crippen LogP contribution in [0.2, 0.25) is 0 Å². The summed E-state index contributed by atoms with van der Waals surface area (Å²) in [7, 11) is -4.05. The minimum Gasteiger partial charge on any atom is -0.388 e. The second-order valence-electron chi connectivity index (χ2n) is 12.2. The third kappa shape index (κ3) is 5.55. The number of hydrogen-bond acceptors (Lipinski definition) is 7. The Morgan fingerprint density at radius 2 is 1.90 bits per heavy atom. The van der Waals surface area contributed by atoms with E-state index in [0.717, 1.165) is 57.2 Å². The molecule has 1 aromatic rings. The van der Waals surface area contributed by atoms with Gasteiger partial charge in [-0.1, -0.05) is 19.9 Å². The van der Waals surface area contributed by atoms with E-state index in [0.29, 0.717) is 43.8 Å². The molecule has 0 spiro atoms. The maximum Gasteiger partial charge on any atom is 0.380 e. The first-order valence-electron chi connectivity index (χ1n) is 14.3. The summed E-state index contributed by atoms with van der Waals surface area (Å²) in [6.45, 7) is 7.37. The molecule has 0 bridgehead atoms. The molecule has 0 aromatic heterocycles. The van der Waals surface area contributed by atoms with E-state index >= 15 is 0 Å². The van der Waals surface area contributed by atoms with Gasteiger partial charge >= 0.3 is 10.3 Å². The minimum atomic E-state index is -4.05. The largest absolute Gasteiger partial charge is 0.388 e. The van der Waals surface area contributed by atoms with Crippen LogP contribution in [0.15, 0.2) is 18.2 Å². The van der Waals surface area contributed by atoms with Gasteiger partial charge in [0, 0.05) is 44.6 Å². The van der Waals surface area contributed by atoms with Crippen molar-refractivity contribution in [3.05, 3.63) is 29.3 Å². The van der Waals surface area contributed by atoms with Crippen molar-refractivity contribution in [2.24, 2.45) is 22.4 Å². The Labute approximate surface area is 231 Å². The number of benzene rings is 1. The van der Waals surface area contributed by atoms with Gasteiger partial charge in [-0.25, -0.2) is 0 Å². The van der Waals surface area contributed by atoms with Gasteiger partial charge in [-0.2, -0.15) is 13.6 Å². The fourth-order valence-electron chi connectivity index (χ4n) is 8.05. The van der Waals surface area contributed by atoms with Crippen LogP contribution in [-0.4, -0.2) is 80.0 Å². The molecule has 5 atom stereocenters. The zero-order chi connectivity index (χ0) is 28.0. The standard InChI is InChI=1S/C28H42N4O6S/c1-3-25(33)30-17-26(34)32-14-12-31(13-15-32)18-28(35)11-9-24-23-6-4-19-16-20(38-39(29,36)37)5-7-21(19)22(23)8-10-27(24,28)2/h5,7,16,22-24,35H,3-4,6,8-15,17-18H2,1-2H3,(H,30,33)(H2,29,36,37)/t22-,23-,24+,27+,28-/m1/s1. The van der Waals surface area contributed by atoms with Crippen LogP contribution in [0.4, 0.5) is 0 Å². The lowest BCUT2D eigenvalue weighted by Gasteiger charge is -2.54. The number of carbonyl (C=O) groups excluding carboxylic acids is 2. The van der Waals surface area contributed by atoms with Gasteiger partial charge in [0.2, 0.25) is 11.8 Å². The molecule has 2 saturated carbocycles. The van der Waals surface area contributed by atoms with Crippen LogP contribution < -0.4 is 14.6 Å². The van der Waals surface area contributed by atoms with E-state index < -0.39 is 15.9 Å². The first-order valence-corrected chi connectivity index (χ1v) is 15.7. The van der Waals surface area contributed by atoms with Gasteiger partial charge in [0.25, 0.3) is 0 Å². The molecule has 4 aliphatic rings. The lowest BCUT2D eigenvalue weighted by molar-refractivity contribution is -0.137. The summed E-state index contributed by atoms with van der Waals surface area (Å²) < 4.78 is 27.6. The predicted molar refractivity (Wildman–Crippen MR) is 146 cm³/mol. The Morgan fingerprint density at radius 1 is 1.15 bits per heavy atom. The summed E-state index contributed by atoms with van der Waals surface area (Å²) in [4.78, 5) is 28.1. The zero-order valence-electron chi connectivity index (χ0n) is 23.0. The average Bonchev–Trinajstić information content (AvgIpc) is 3.16. The second kappa shape index (κ2) is 10.6. The Balaban J connectivity index is 1.22.